The Kier molecular flexibility index (Phi) is 14.5. The largest absolute Gasteiger partial charge is 0.379 e. The molecule has 8 heteroatoms. The molecule has 0 bridgehead atoms. The van der Waals surface area contributed by atoms with E-state index in [4.69, 9.17) is 9.47 Å². The molecule has 0 amide bonds. The van der Waals surface area contributed by atoms with Gasteiger partial charge in [-0.1, -0.05) is 30.3 Å². The standard InChI is InChI=1S/C23H32FN3O2S.HI/c1-4-28-10-11-29-16-19-7-5-6-18(12-19)14-26-23(25-2)27-15-20-8-9-22(24)13-21(20)17-30-3;/h5-9,12-13H,4,10-11,14-17H2,1-3H3,(H2,25,26,27);1H. The molecule has 31 heavy (non-hydrogen) atoms. The van der Waals surface area contributed by atoms with Gasteiger partial charge in [0.05, 0.1) is 19.8 Å². The fourth-order valence-electron chi connectivity index (χ4n) is 2.92. The van der Waals surface area contributed by atoms with Crippen LogP contribution in [0.4, 0.5) is 4.39 Å². The topological polar surface area (TPSA) is 54.9 Å². The molecule has 0 spiro atoms. The smallest absolute Gasteiger partial charge is 0.191 e. The first-order chi connectivity index (χ1) is 14.7. The highest BCUT2D eigenvalue weighted by Gasteiger charge is 2.06. The Balaban J connectivity index is 0.00000480. The molecule has 5 nitrogen and oxygen atoms in total. The van der Waals surface area contributed by atoms with E-state index in [0.717, 1.165) is 28.0 Å². The van der Waals surface area contributed by atoms with E-state index in [1.165, 1.54) is 6.07 Å². The predicted octanol–water partition coefficient (Wildman–Crippen LogP) is 4.73. The maximum absolute atomic E-state index is 13.5. The van der Waals surface area contributed by atoms with Crippen LogP contribution in [0, 0.1) is 5.82 Å². The highest BCUT2D eigenvalue weighted by Crippen LogP contribution is 2.16. The second-order valence-electron chi connectivity index (χ2n) is 6.69. The number of nitrogens with zero attached hydrogens (tertiary/aromatic N) is 1. The van der Waals surface area contributed by atoms with Crippen molar-refractivity contribution in [3.8, 4) is 0 Å². The van der Waals surface area contributed by atoms with Crippen molar-refractivity contribution in [3.05, 3.63) is 70.5 Å². The lowest BCUT2D eigenvalue weighted by Gasteiger charge is -2.14. The molecule has 2 N–H and O–H groups in total. The molecular weight excluding hydrogens is 528 g/mol. The number of ether oxygens (including phenoxy) is 2. The molecule has 0 aromatic heterocycles. The molecule has 0 aliphatic heterocycles. The van der Waals surface area contributed by atoms with Crippen molar-refractivity contribution in [2.75, 3.05) is 33.1 Å². The molecule has 0 aliphatic carbocycles. The first-order valence-electron chi connectivity index (χ1n) is 10.1. The third kappa shape index (κ3) is 10.7. The molecule has 172 valence electrons. The monoisotopic (exact) mass is 561 g/mol. The maximum atomic E-state index is 13.5. The van der Waals surface area contributed by atoms with Crippen LogP contribution in [0.25, 0.3) is 0 Å². The van der Waals surface area contributed by atoms with E-state index < -0.39 is 0 Å². The molecule has 0 atom stereocenters. The molecule has 0 saturated heterocycles. The molecule has 0 heterocycles. The van der Waals surface area contributed by atoms with E-state index in [1.54, 1.807) is 24.9 Å². The van der Waals surface area contributed by atoms with Crippen molar-refractivity contribution in [3.63, 3.8) is 0 Å². The summed E-state index contributed by atoms with van der Waals surface area (Å²) in [5.41, 5.74) is 4.35. The van der Waals surface area contributed by atoms with Gasteiger partial charge < -0.3 is 20.1 Å². The van der Waals surface area contributed by atoms with Crippen molar-refractivity contribution >= 4 is 41.7 Å². The van der Waals surface area contributed by atoms with Crippen LogP contribution < -0.4 is 10.6 Å². The number of hydrogen-bond donors (Lipinski definition) is 2. The molecule has 0 fully saturated rings. The highest BCUT2D eigenvalue weighted by atomic mass is 127. The van der Waals surface area contributed by atoms with Crippen LogP contribution in [0.15, 0.2) is 47.5 Å². The minimum atomic E-state index is -0.202. The minimum Gasteiger partial charge on any atom is -0.379 e. The summed E-state index contributed by atoms with van der Waals surface area (Å²) >= 11 is 1.68. The Hall–Kier alpha value is -1.36. The van der Waals surface area contributed by atoms with Crippen LogP contribution in [-0.4, -0.2) is 39.1 Å². The van der Waals surface area contributed by atoms with E-state index in [0.29, 0.717) is 45.5 Å². The Morgan fingerprint density at radius 3 is 2.48 bits per heavy atom. The average Bonchev–Trinajstić information content (AvgIpc) is 2.75. The summed E-state index contributed by atoms with van der Waals surface area (Å²) in [5.74, 6) is 1.28. The third-order valence-corrected chi connectivity index (χ3v) is 5.03. The van der Waals surface area contributed by atoms with Crippen LogP contribution in [0.5, 0.6) is 0 Å². The fourth-order valence-corrected chi connectivity index (χ4v) is 3.50. The number of hydrogen-bond acceptors (Lipinski definition) is 4. The summed E-state index contributed by atoms with van der Waals surface area (Å²) in [5, 5.41) is 6.64. The number of benzene rings is 2. The third-order valence-electron chi connectivity index (χ3n) is 4.43. The normalized spacial score (nSPS) is 11.2. The fraction of sp³-hybridized carbons (Fsp3) is 0.435. The van der Waals surface area contributed by atoms with E-state index in [9.17, 15) is 4.39 Å². The zero-order valence-electron chi connectivity index (χ0n) is 18.4. The van der Waals surface area contributed by atoms with Gasteiger partial charge >= 0.3 is 0 Å². The van der Waals surface area contributed by atoms with E-state index in [1.807, 2.05) is 25.3 Å². The van der Waals surface area contributed by atoms with Crippen LogP contribution in [0.3, 0.4) is 0 Å². The van der Waals surface area contributed by atoms with Crippen molar-refractivity contribution < 1.29 is 13.9 Å². The molecule has 2 aromatic rings. The molecule has 0 saturated carbocycles. The Morgan fingerprint density at radius 2 is 1.74 bits per heavy atom. The van der Waals surface area contributed by atoms with Gasteiger partial charge in [-0.25, -0.2) is 4.39 Å². The quantitative estimate of drug-likeness (QED) is 0.170. The maximum Gasteiger partial charge on any atom is 0.191 e. The van der Waals surface area contributed by atoms with Crippen molar-refractivity contribution in [2.24, 2.45) is 4.99 Å². The lowest BCUT2D eigenvalue weighted by Crippen LogP contribution is -2.36. The minimum absolute atomic E-state index is 0. The van der Waals surface area contributed by atoms with Crippen LogP contribution >= 0.6 is 35.7 Å². The zero-order valence-corrected chi connectivity index (χ0v) is 21.6. The first-order valence-corrected chi connectivity index (χ1v) is 11.5. The second kappa shape index (κ2) is 16.3. The van der Waals surface area contributed by atoms with E-state index in [2.05, 4.69) is 33.8 Å². The second-order valence-corrected chi connectivity index (χ2v) is 7.56. The van der Waals surface area contributed by atoms with Crippen LogP contribution in [0.2, 0.25) is 0 Å². The van der Waals surface area contributed by atoms with Gasteiger partial charge in [-0.05, 0) is 47.6 Å². The van der Waals surface area contributed by atoms with Crippen molar-refractivity contribution in [2.45, 2.75) is 32.4 Å². The summed E-state index contributed by atoms with van der Waals surface area (Å²) in [6.45, 7) is 5.69. The SMILES string of the molecule is CCOCCOCc1cccc(CNC(=NC)NCc2ccc(F)cc2CSC)c1.I. The molecular formula is C23H33FIN3O2S. The average molecular weight is 562 g/mol. The Bertz CT molecular complexity index is 808. The molecule has 0 unspecified atom stereocenters. The molecule has 2 rings (SSSR count). The first kappa shape index (κ1) is 27.7. The number of halogens is 2. The summed E-state index contributed by atoms with van der Waals surface area (Å²) < 4.78 is 24.4. The predicted molar refractivity (Wildman–Crippen MR) is 139 cm³/mol. The number of nitrogens with one attached hydrogen (secondary N) is 2. The lowest BCUT2D eigenvalue weighted by molar-refractivity contribution is 0.0453. The number of guanidine groups is 1. The van der Waals surface area contributed by atoms with Gasteiger partial charge in [-0.2, -0.15) is 11.8 Å². The Labute approximate surface area is 206 Å². The van der Waals surface area contributed by atoms with E-state index >= 15 is 0 Å². The summed E-state index contributed by atoms with van der Waals surface area (Å²) in [6, 6.07) is 13.2. The van der Waals surface area contributed by atoms with Gasteiger partial charge in [0, 0.05) is 32.5 Å². The number of aliphatic imine (C=N–C) groups is 1. The molecule has 0 aliphatic rings. The summed E-state index contributed by atoms with van der Waals surface area (Å²) in [7, 11) is 1.74. The zero-order chi connectivity index (χ0) is 21.6. The van der Waals surface area contributed by atoms with Gasteiger partial charge in [0.2, 0.25) is 0 Å². The summed E-state index contributed by atoms with van der Waals surface area (Å²) in [4.78, 5) is 4.29. The van der Waals surface area contributed by atoms with Crippen molar-refractivity contribution in [1.29, 1.82) is 0 Å². The van der Waals surface area contributed by atoms with E-state index in [-0.39, 0.29) is 29.8 Å². The van der Waals surface area contributed by atoms with Gasteiger partial charge in [-0.3, -0.25) is 4.99 Å². The molecule has 0 radical (unpaired) electrons. The number of thioether (sulfide) groups is 1. The van der Waals surface area contributed by atoms with Gasteiger partial charge in [0.1, 0.15) is 5.82 Å². The summed E-state index contributed by atoms with van der Waals surface area (Å²) in [6.07, 6.45) is 2.01. The van der Waals surface area contributed by atoms with Crippen LogP contribution in [0.1, 0.15) is 29.2 Å². The van der Waals surface area contributed by atoms with Crippen molar-refractivity contribution in [1.82, 2.24) is 10.6 Å². The molecule has 2 aromatic carbocycles. The van der Waals surface area contributed by atoms with Gasteiger partial charge in [0.15, 0.2) is 5.96 Å². The lowest BCUT2D eigenvalue weighted by atomic mass is 10.1. The van der Waals surface area contributed by atoms with Gasteiger partial charge in [-0.15, -0.1) is 24.0 Å². The van der Waals surface area contributed by atoms with Gasteiger partial charge in [0.25, 0.3) is 0 Å². The Morgan fingerprint density at radius 1 is 1.00 bits per heavy atom. The number of rotatable bonds is 12. The van der Waals surface area contributed by atoms with Crippen LogP contribution in [-0.2, 0) is 34.9 Å². The highest BCUT2D eigenvalue weighted by molar-refractivity contribution is 14.0.